The number of ether oxygens (including phenoxy) is 1. The molecule has 30 heavy (non-hydrogen) atoms. The van der Waals surface area contributed by atoms with Crippen LogP contribution in [0.25, 0.3) is 5.65 Å². The minimum Gasteiger partial charge on any atom is -0.447 e. The summed E-state index contributed by atoms with van der Waals surface area (Å²) in [7, 11) is 0. The lowest BCUT2D eigenvalue weighted by atomic mass is 10.3. The monoisotopic (exact) mass is 423 g/mol. The molecule has 4 rings (SSSR count). The number of aromatic nitrogens is 5. The third kappa shape index (κ3) is 4.71. The van der Waals surface area contributed by atoms with Crippen LogP contribution in [0.2, 0.25) is 0 Å². The highest BCUT2D eigenvalue weighted by atomic mass is 32.2. The zero-order chi connectivity index (χ0) is 21.1. The summed E-state index contributed by atoms with van der Waals surface area (Å²) in [6.07, 6.45) is 2.93. The predicted molar refractivity (Wildman–Crippen MR) is 115 cm³/mol. The van der Waals surface area contributed by atoms with Crippen LogP contribution < -0.4 is 10.6 Å². The summed E-state index contributed by atoms with van der Waals surface area (Å²) in [4.78, 5) is 21.8. The van der Waals surface area contributed by atoms with E-state index in [0.29, 0.717) is 17.5 Å². The SMILES string of the molecule is Cc1cc(Nc2nc(Sc3ccc(NC(=O)OC(C)C)cc3)cc3nccn23)n[nH]1. The summed E-state index contributed by atoms with van der Waals surface area (Å²) in [5.41, 5.74) is 2.39. The number of nitrogens with one attached hydrogen (secondary N) is 3. The van der Waals surface area contributed by atoms with Gasteiger partial charge in [-0.15, -0.1) is 0 Å². The number of hydrogen-bond acceptors (Lipinski definition) is 7. The lowest BCUT2D eigenvalue weighted by molar-refractivity contribution is 0.130. The van der Waals surface area contributed by atoms with Crippen molar-refractivity contribution in [2.75, 3.05) is 10.6 Å². The van der Waals surface area contributed by atoms with Gasteiger partial charge in [0.15, 0.2) is 5.82 Å². The zero-order valence-electron chi connectivity index (χ0n) is 16.7. The first-order valence-corrected chi connectivity index (χ1v) is 10.2. The Morgan fingerprint density at radius 3 is 2.73 bits per heavy atom. The molecule has 1 amide bonds. The maximum Gasteiger partial charge on any atom is 0.411 e. The summed E-state index contributed by atoms with van der Waals surface area (Å²) in [5.74, 6) is 1.30. The number of rotatable bonds is 6. The molecule has 0 aliphatic carbocycles. The van der Waals surface area contributed by atoms with Crippen molar-refractivity contribution in [3.05, 3.63) is 54.5 Å². The number of benzene rings is 1. The Balaban J connectivity index is 1.51. The number of carbonyl (C=O) groups is 1. The fourth-order valence-corrected chi connectivity index (χ4v) is 3.54. The molecule has 0 aliphatic heterocycles. The first-order valence-electron chi connectivity index (χ1n) is 9.35. The van der Waals surface area contributed by atoms with Crippen LogP contribution in [0, 0.1) is 6.92 Å². The number of H-pyrrole nitrogens is 1. The second-order valence-corrected chi connectivity index (χ2v) is 7.93. The van der Waals surface area contributed by atoms with Crippen LogP contribution in [-0.4, -0.2) is 36.8 Å². The van der Waals surface area contributed by atoms with E-state index in [1.165, 1.54) is 11.8 Å². The minimum atomic E-state index is -0.471. The lowest BCUT2D eigenvalue weighted by Gasteiger charge is -2.10. The van der Waals surface area contributed by atoms with Gasteiger partial charge < -0.3 is 10.1 Å². The average molecular weight is 424 g/mol. The van der Waals surface area contributed by atoms with Gasteiger partial charge in [-0.05, 0) is 45.0 Å². The van der Waals surface area contributed by atoms with Gasteiger partial charge >= 0.3 is 6.09 Å². The lowest BCUT2D eigenvalue weighted by Crippen LogP contribution is -2.17. The van der Waals surface area contributed by atoms with Crippen molar-refractivity contribution in [2.24, 2.45) is 0 Å². The molecule has 3 N–H and O–H groups in total. The molecule has 0 radical (unpaired) electrons. The van der Waals surface area contributed by atoms with E-state index in [2.05, 4.69) is 25.8 Å². The molecule has 0 bridgehead atoms. The van der Waals surface area contributed by atoms with Crippen molar-refractivity contribution in [3.63, 3.8) is 0 Å². The normalized spacial score (nSPS) is 11.1. The van der Waals surface area contributed by atoms with Crippen LogP contribution in [0.5, 0.6) is 0 Å². The van der Waals surface area contributed by atoms with Crippen LogP contribution in [0.15, 0.2) is 58.7 Å². The van der Waals surface area contributed by atoms with Gasteiger partial charge in [0.2, 0.25) is 5.95 Å². The minimum absolute atomic E-state index is 0.170. The zero-order valence-corrected chi connectivity index (χ0v) is 17.5. The topological polar surface area (TPSA) is 109 Å². The Hall–Kier alpha value is -3.53. The third-order valence-corrected chi connectivity index (χ3v) is 4.90. The summed E-state index contributed by atoms with van der Waals surface area (Å²) in [5, 5.41) is 13.8. The van der Waals surface area contributed by atoms with E-state index >= 15 is 0 Å². The van der Waals surface area contributed by atoms with E-state index in [9.17, 15) is 4.79 Å². The fourth-order valence-electron chi connectivity index (χ4n) is 2.73. The number of amides is 1. The third-order valence-electron chi connectivity index (χ3n) is 3.98. The van der Waals surface area contributed by atoms with E-state index in [1.54, 1.807) is 20.0 Å². The molecule has 154 valence electrons. The van der Waals surface area contributed by atoms with E-state index in [4.69, 9.17) is 9.72 Å². The number of nitrogens with zero attached hydrogens (tertiary/aromatic N) is 4. The van der Waals surface area contributed by atoms with Crippen LogP contribution in [0.1, 0.15) is 19.5 Å². The van der Waals surface area contributed by atoms with Gasteiger partial charge in [-0.1, -0.05) is 11.8 Å². The van der Waals surface area contributed by atoms with Crippen LogP contribution in [0.3, 0.4) is 0 Å². The van der Waals surface area contributed by atoms with Crippen molar-refractivity contribution in [2.45, 2.75) is 36.8 Å². The summed E-state index contributed by atoms with van der Waals surface area (Å²) < 4.78 is 6.95. The van der Waals surface area contributed by atoms with Crippen molar-refractivity contribution in [1.82, 2.24) is 24.6 Å². The van der Waals surface area contributed by atoms with Gasteiger partial charge in [0.25, 0.3) is 0 Å². The predicted octanol–water partition coefficient (Wildman–Crippen LogP) is 4.61. The van der Waals surface area contributed by atoms with Gasteiger partial charge in [-0.25, -0.2) is 14.8 Å². The number of aromatic amines is 1. The molecular formula is C20H21N7O2S. The standard InChI is InChI=1S/C20H21N7O2S/c1-12(2)29-20(28)22-14-4-6-15(7-5-14)30-18-11-17-21-8-9-27(17)19(24-18)23-16-10-13(3)25-26-16/h4-12H,1-3H3,(H,22,28)(H2,23,24,25,26). The molecule has 3 aromatic heterocycles. The average Bonchev–Trinajstić information content (AvgIpc) is 3.31. The van der Waals surface area contributed by atoms with Gasteiger partial charge in [0, 0.05) is 40.8 Å². The second kappa shape index (κ2) is 8.46. The van der Waals surface area contributed by atoms with Crippen molar-refractivity contribution in [3.8, 4) is 0 Å². The molecule has 3 heterocycles. The van der Waals surface area contributed by atoms with Crippen molar-refractivity contribution >= 4 is 41.0 Å². The number of anilines is 3. The number of fused-ring (bicyclic) bond motifs is 1. The number of imidazole rings is 1. The smallest absolute Gasteiger partial charge is 0.411 e. The van der Waals surface area contributed by atoms with Gasteiger partial charge in [-0.3, -0.25) is 14.8 Å². The Kier molecular flexibility index (Phi) is 5.57. The maximum atomic E-state index is 11.7. The molecule has 0 aliphatic rings. The van der Waals surface area contributed by atoms with Gasteiger partial charge in [0.1, 0.15) is 10.7 Å². The highest BCUT2D eigenvalue weighted by Crippen LogP contribution is 2.29. The Morgan fingerprint density at radius 1 is 1.23 bits per heavy atom. The van der Waals surface area contributed by atoms with Crippen LogP contribution in [0.4, 0.5) is 22.2 Å². The highest BCUT2D eigenvalue weighted by molar-refractivity contribution is 7.99. The van der Waals surface area contributed by atoms with E-state index in [0.717, 1.165) is 21.3 Å². The first-order chi connectivity index (χ1) is 14.5. The van der Waals surface area contributed by atoms with Crippen molar-refractivity contribution in [1.29, 1.82) is 0 Å². The quantitative estimate of drug-likeness (QED) is 0.388. The molecule has 0 fully saturated rings. The number of carbonyl (C=O) groups excluding carboxylic acids is 1. The Morgan fingerprint density at radius 2 is 2.03 bits per heavy atom. The van der Waals surface area contributed by atoms with Gasteiger partial charge in [0.05, 0.1) is 6.10 Å². The molecule has 0 atom stereocenters. The fraction of sp³-hybridized carbons (Fsp3) is 0.200. The molecule has 10 heteroatoms. The van der Waals surface area contributed by atoms with E-state index < -0.39 is 6.09 Å². The molecular weight excluding hydrogens is 402 g/mol. The van der Waals surface area contributed by atoms with E-state index in [-0.39, 0.29) is 6.10 Å². The Labute approximate surface area is 177 Å². The summed E-state index contributed by atoms with van der Waals surface area (Å²) in [6.45, 7) is 5.55. The first kappa shape index (κ1) is 19.8. The summed E-state index contributed by atoms with van der Waals surface area (Å²) in [6, 6.07) is 11.3. The second-order valence-electron chi connectivity index (χ2n) is 6.84. The molecule has 0 spiro atoms. The van der Waals surface area contributed by atoms with Crippen LogP contribution in [-0.2, 0) is 4.74 Å². The molecule has 1 aromatic carbocycles. The molecule has 4 aromatic rings. The van der Waals surface area contributed by atoms with Crippen LogP contribution >= 0.6 is 11.8 Å². The van der Waals surface area contributed by atoms with Crippen molar-refractivity contribution < 1.29 is 9.53 Å². The largest absolute Gasteiger partial charge is 0.447 e. The highest BCUT2D eigenvalue weighted by Gasteiger charge is 2.10. The maximum absolute atomic E-state index is 11.7. The Bertz CT molecular complexity index is 1170. The van der Waals surface area contributed by atoms with E-state index in [1.807, 2.05) is 53.9 Å². The summed E-state index contributed by atoms with van der Waals surface area (Å²) >= 11 is 1.50. The molecule has 0 saturated heterocycles. The number of aryl methyl sites for hydroxylation is 1. The molecule has 0 unspecified atom stereocenters. The molecule has 0 saturated carbocycles. The number of hydrogen-bond donors (Lipinski definition) is 3. The van der Waals surface area contributed by atoms with Gasteiger partial charge in [-0.2, -0.15) is 5.10 Å². The molecule has 9 nitrogen and oxygen atoms in total.